The SMILES string of the molecule is CCN(C[C@@H]1CCCO1)C(=O)c1csc2c1CCN(Cc1c(C)noc1C)C2. The van der Waals surface area contributed by atoms with Gasteiger partial charge in [0.1, 0.15) is 5.76 Å². The molecule has 2 aromatic heterocycles. The average Bonchev–Trinajstić information content (AvgIpc) is 3.42. The van der Waals surface area contributed by atoms with E-state index in [0.717, 1.165) is 69.1 Å². The summed E-state index contributed by atoms with van der Waals surface area (Å²) < 4.78 is 11.0. The highest BCUT2D eigenvalue weighted by atomic mass is 32.1. The van der Waals surface area contributed by atoms with Crippen LogP contribution in [0.15, 0.2) is 9.90 Å². The van der Waals surface area contributed by atoms with Gasteiger partial charge in [0.05, 0.1) is 17.4 Å². The summed E-state index contributed by atoms with van der Waals surface area (Å²) in [6, 6.07) is 0. The van der Waals surface area contributed by atoms with Gasteiger partial charge in [0.2, 0.25) is 0 Å². The number of nitrogens with zero attached hydrogens (tertiary/aromatic N) is 3. The van der Waals surface area contributed by atoms with Crippen LogP contribution < -0.4 is 0 Å². The first-order valence-electron chi connectivity index (χ1n) is 10.2. The Kier molecular flexibility index (Phi) is 5.85. The third kappa shape index (κ3) is 3.88. The molecule has 152 valence electrons. The average molecular weight is 404 g/mol. The second-order valence-corrected chi connectivity index (χ2v) is 8.76. The van der Waals surface area contributed by atoms with Crippen molar-refractivity contribution in [3.8, 4) is 0 Å². The predicted molar refractivity (Wildman–Crippen MR) is 109 cm³/mol. The molecule has 1 amide bonds. The van der Waals surface area contributed by atoms with Gasteiger partial charge in [-0.05, 0) is 45.6 Å². The number of amides is 1. The van der Waals surface area contributed by atoms with Crippen LogP contribution in [0.4, 0.5) is 0 Å². The van der Waals surface area contributed by atoms with E-state index in [4.69, 9.17) is 9.26 Å². The number of hydrogen-bond donors (Lipinski definition) is 0. The van der Waals surface area contributed by atoms with Crippen molar-refractivity contribution in [1.29, 1.82) is 0 Å². The largest absolute Gasteiger partial charge is 0.376 e. The molecule has 0 aliphatic carbocycles. The molecule has 0 aromatic carbocycles. The van der Waals surface area contributed by atoms with E-state index < -0.39 is 0 Å². The first-order chi connectivity index (χ1) is 13.6. The molecule has 1 fully saturated rings. The molecular weight excluding hydrogens is 374 g/mol. The Morgan fingerprint density at radius 1 is 1.43 bits per heavy atom. The monoisotopic (exact) mass is 403 g/mol. The summed E-state index contributed by atoms with van der Waals surface area (Å²) >= 11 is 1.72. The third-order valence-corrected chi connectivity index (χ3v) is 6.95. The second-order valence-electron chi connectivity index (χ2n) is 7.79. The standard InChI is InChI=1S/C21H29N3O3S/c1-4-24(10-16-6-5-9-26-16)21(25)19-13-28-20-12-23(8-7-17(19)20)11-18-14(2)22-27-15(18)3/h13,16H,4-12H2,1-3H3/t16-/m0/s1. The topological polar surface area (TPSA) is 58.8 Å². The Morgan fingerprint density at radius 3 is 2.96 bits per heavy atom. The number of aromatic nitrogens is 1. The number of thiophene rings is 1. The Bertz CT molecular complexity index is 819. The number of likely N-dealkylation sites (N-methyl/N-ethyl adjacent to an activating group) is 1. The van der Waals surface area contributed by atoms with Gasteiger partial charge in [-0.25, -0.2) is 0 Å². The van der Waals surface area contributed by atoms with Crippen LogP contribution in [0.5, 0.6) is 0 Å². The maximum atomic E-state index is 13.2. The highest BCUT2D eigenvalue weighted by Gasteiger charge is 2.28. The van der Waals surface area contributed by atoms with E-state index in [0.29, 0.717) is 6.54 Å². The van der Waals surface area contributed by atoms with Gasteiger partial charge in [0, 0.05) is 55.2 Å². The van der Waals surface area contributed by atoms with Crippen LogP contribution in [-0.4, -0.2) is 53.2 Å². The van der Waals surface area contributed by atoms with E-state index in [1.165, 1.54) is 16.0 Å². The van der Waals surface area contributed by atoms with Crippen LogP contribution in [-0.2, 0) is 24.2 Å². The minimum absolute atomic E-state index is 0.162. The summed E-state index contributed by atoms with van der Waals surface area (Å²) in [4.78, 5) is 18.9. The van der Waals surface area contributed by atoms with Gasteiger partial charge in [-0.15, -0.1) is 11.3 Å². The lowest BCUT2D eigenvalue weighted by atomic mass is 10.0. The number of aryl methyl sites for hydroxylation is 2. The van der Waals surface area contributed by atoms with E-state index >= 15 is 0 Å². The van der Waals surface area contributed by atoms with Gasteiger partial charge in [-0.3, -0.25) is 9.69 Å². The van der Waals surface area contributed by atoms with Crippen molar-refractivity contribution in [2.45, 2.75) is 59.2 Å². The molecule has 0 unspecified atom stereocenters. The molecule has 4 rings (SSSR count). The van der Waals surface area contributed by atoms with Gasteiger partial charge in [-0.2, -0.15) is 0 Å². The maximum absolute atomic E-state index is 13.2. The van der Waals surface area contributed by atoms with Gasteiger partial charge in [0.15, 0.2) is 0 Å². The van der Waals surface area contributed by atoms with E-state index in [1.807, 2.05) is 18.7 Å². The molecule has 0 saturated carbocycles. The van der Waals surface area contributed by atoms with Crippen molar-refractivity contribution >= 4 is 17.2 Å². The first kappa shape index (κ1) is 19.6. The fourth-order valence-corrected chi connectivity index (χ4v) is 5.32. The molecule has 7 heteroatoms. The molecule has 0 N–H and O–H groups in total. The molecule has 0 bridgehead atoms. The highest BCUT2D eigenvalue weighted by Crippen LogP contribution is 2.31. The number of carbonyl (C=O) groups excluding carboxylic acids is 1. The van der Waals surface area contributed by atoms with Gasteiger partial charge in [-0.1, -0.05) is 5.16 Å². The number of carbonyl (C=O) groups is 1. The predicted octanol–water partition coefficient (Wildman–Crippen LogP) is 3.55. The molecule has 6 nitrogen and oxygen atoms in total. The van der Waals surface area contributed by atoms with Crippen molar-refractivity contribution in [3.63, 3.8) is 0 Å². The number of rotatable bonds is 6. The molecule has 2 aromatic rings. The van der Waals surface area contributed by atoms with Gasteiger partial charge < -0.3 is 14.2 Å². The van der Waals surface area contributed by atoms with Crippen molar-refractivity contribution in [2.24, 2.45) is 0 Å². The summed E-state index contributed by atoms with van der Waals surface area (Å²) in [7, 11) is 0. The summed E-state index contributed by atoms with van der Waals surface area (Å²) in [5.74, 6) is 1.06. The van der Waals surface area contributed by atoms with Crippen molar-refractivity contribution in [3.05, 3.63) is 38.4 Å². The quantitative estimate of drug-likeness (QED) is 0.738. The minimum atomic E-state index is 0.162. The number of hydrogen-bond acceptors (Lipinski definition) is 6. The normalized spacial score (nSPS) is 19.8. The van der Waals surface area contributed by atoms with E-state index in [2.05, 4.69) is 22.4 Å². The zero-order chi connectivity index (χ0) is 19.7. The maximum Gasteiger partial charge on any atom is 0.255 e. The molecule has 2 aliphatic heterocycles. The Labute approximate surface area is 170 Å². The molecule has 2 aliphatic rings. The van der Waals surface area contributed by atoms with Crippen LogP contribution in [0.3, 0.4) is 0 Å². The molecule has 0 radical (unpaired) electrons. The zero-order valence-electron chi connectivity index (χ0n) is 17.0. The fraction of sp³-hybridized carbons (Fsp3) is 0.619. The lowest BCUT2D eigenvalue weighted by Crippen LogP contribution is -2.38. The Balaban J connectivity index is 1.45. The van der Waals surface area contributed by atoms with Crippen LogP contribution in [0.25, 0.3) is 0 Å². The molecule has 1 saturated heterocycles. The summed E-state index contributed by atoms with van der Waals surface area (Å²) in [6.45, 7) is 11.0. The zero-order valence-corrected chi connectivity index (χ0v) is 17.8. The fourth-order valence-electron chi connectivity index (χ4n) is 4.21. The van der Waals surface area contributed by atoms with E-state index in [-0.39, 0.29) is 12.0 Å². The molecule has 28 heavy (non-hydrogen) atoms. The van der Waals surface area contributed by atoms with E-state index in [9.17, 15) is 4.79 Å². The number of fused-ring (bicyclic) bond motifs is 1. The van der Waals surface area contributed by atoms with Gasteiger partial charge >= 0.3 is 0 Å². The second kappa shape index (κ2) is 8.35. The van der Waals surface area contributed by atoms with Crippen molar-refractivity contribution in [2.75, 3.05) is 26.2 Å². The Hall–Kier alpha value is -1.70. The van der Waals surface area contributed by atoms with Crippen LogP contribution in [0, 0.1) is 13.8 Å². The lowest BCUT2D eigenvalue weighted by Gasteiger charge is -2.28. The highest BCUT2D eigenvalue weighted by molar-refractivity contribution is 7.10. The molecular formula is C21H29N3O3S. The van der Waals surface area contributed by atoms with Crippen LogP contribution in [0.2, 0.25) is 0 Å². The third-order valence-electron chi connectivity index (χ3n) is 5.94. The van der Waals surface area contributed by atoms with Crippen molar-refractivity contribution < 1.29 is 14.1 Å². The van der Waals surface area contributed by atoms with Gasteiger partial charge in [0.25, 0.3) is 5.91 Å². The first-order valence-corrected chi connectivity index (χ1v) is 11.1. The molecule has 1 atom stereocenters. The minimum Gasteiger partial charge on any atom is -0.376 e. The Morgan fingerprint density at radius 2 is 2.29 bits per heavy atom. The smallest absolute Gasteiger partial charge is 0.255 e. The molecule has 0 spiro atoms. The van der Waals surface area contributed by atoms with Crippen molar-refractivity contribution in [1.82, 2.24) is 15.0 Å². The summed E-state index contributed by atoms with van der Waals surface area (Å²) in [5.41, 5.74) is 4.30. The van der Waals surface area contributed by atoms with E-state index in [1.54, 1.807) is 11.3 Å². The van der Waals surface area contributed by atoms with Crippen LogP contribution >= 0.6 is 11.3 Å². The lowest BCUT2D eigenvalue weighted by molar-refractivity contribution is 0.0538. The summed E-state index contributed by atoms with van der Waals surface area (Å²) in [5, 5.41) is 6.12. The van der Waals surface area contributed by atoms with Crippen LogP contribution in [0.1, 0.15) is 57.6 Å². The number of ether oxygens (including phenoxy) is 1. The summed E-state index contributed by atoms with van der Waals surface area (Å²) in [6.07, 6.45) is 3.28. The molecule has 4 heterocycles.